The van der Waals surface area contributed by atoms with E-state index >= 15 is 0 Å². The van der Waals surface area contributed by atoms with Crippen LogP contribution in [-0.2, 0) is 19.1 Å². The fraction of sp³-hybridized carbons (Fsp3) is 0.500. The van der Waals surface area contributed by atoms with E-state index in [9.17, 15) is 14.4 Å². The molecule has 6 heteroatoms. The minimum absolute atomic E-state index is 0.0222. The number of ether oxygens (including phenoxy) is 1. The number of carboxylic acids is 1. The highest BCUT2D eigenvalue weighted by Crippen LogP contribution is 2.24. The number of hydrogen-bond acceptors (Lipinski definition) is 4. The largest absolute Gasteiger partial charge is 0.481 e. The first-order valence-electron chi connectivity index (χ1n) is 4.88. The van der Waals surface area contributed by atoms with Crippen LogP contribution in [0.5, 0.6) is 0 Å². The summed E-state index contributed by atoms with van der Waals surface area (Å²) in [6.45, 7) is 3.28. The Morgan fingerprint density at radius 2 is 2.19 bits per heavy atom. The van der Waals surface area contributed by atoms with Gasteiger partial charge in [-0.1, -0.05) is 0 Å². The molecule has 1 amide bonds. The van der Waals surface area contributed by atoms with Gasteiger partial charge in [0.25, 0.3) is 0 Å². The minimum Gasteiger partial charge on any atom is -0.481 e. The molecule has 0 unspecified atom stereocenters. The Labute approximate surface area is 92.3 Å². The van der Waals surface area contributed by atoms with Gasteiger partial charge < -0.3 is 15.2 Å². The molecule has 16 heavy (non-hydrogen) atoms. The van der Waals surface area contributed by atoms with Gasteiger partial charge in [-0.3, -0.25) is 9.59 Å². The van der Waals surface area contributed by atoms with Crippen LogP contribution in [0.4, 0.5) is 0 Å². The Balaban J connectivity index is 3.07. The first kappa shape index (κ1) is 12.2. The summed E-state index contributed by atoms with van der Waals surface area (Å²) in [5, 5.41) is 11.4. The number of allylic oxidation sites excluding steroid dienone is 1. The molecule has 1 rings (SSSR count). The van der Waals surface area contributed by atoms with E-state index < -0.39 is 23.8 Å². The number of nitrogens with one attached hydrogen (secondary N) is 1. The zero-order valence-corrected chi connectivity index (χ0v) is 9.07. The Bertz CT molecular complexity index is 371. The van der Waals surface area contributed by atoms with Crippen molar-refractivity contribution in [1.82, 2.24) is 5.32 Å². The number of rotatable bonds is 3. The SMILES string of the molecule is CCOC(=O)C1=C(C)NC(=O)C[C@H]1C(=O)O. The molecule has 0 saturated heterocycles. The highest BCUT2D eigenvalue weighted by Gasteiger charge is 2.36. The van der Waals surface area contributed by atoms with E-state index in [-0.39, 0.29) is 24.3 Å². The van der Waals surface area contributed by atoms with Crippen LogP contribution in [0.1, 0.15) is 20.3 Å². The van der Waals surface area contributed by atoms with Gasteiger partial charge in [0.1, 0.15) is 0 Å². The quantitative estimate of drug-likeness (QED) is 0.664. The Kier molecular flexibility index (Phi) is 3.65. The van der Waals surface area contributed by atoms with Crippen molar-refractivity contribution in [3.05, 3.63) is 11.3 Å². The summed E-state index contributed by atoms with van der Waals surface area (Å²) in [6.07, 6.45) is -0.235. The summed E-state index contributed by atoms with van der Waals surface area (Å²) in [6, 6.07) is 0. The average Bonchev–Trinajstić information content (AvgIpc) is 2.16. The van der Waals surface area contributed by atoms with Gasteiger partial charge >= 0.3 is 11.9 Å². The number of carboxylic acid groups (broad SMARTS) is 1. The maximum Gasteiger partial charge on any atom is 0.336 e. The van der Waals surface area contributed by atoms with Crippen molar-refractivity contribution in [2.45, 2.75) is 20.3 Å². The van der Waals surface area contributed by atoms with E-state index in [2.05, 4.69) is 5.32 Å². The summed E-state index contributed by atoms with van der Waals surface area (Å²) in [5.41, 5.74) is 0.274. The third kappa shape index (κ3) is 2.39. The maximum atomic E-state index is 11.5. The van der Waals surface area contributed by atoms with Crippen LogP contribution in [0.2, 0.25) is 0 Å². The van der Waals surface area contributed by atoms with Crippen molar-refractivity contribution in [2.24, 2.45) is 5.92 Å². The third-order valence-electron chi connectivity index (χ3n) is 2.26. The second-order valence-electron chi connectivity index (χ2n) is 3.40. The molecule has 0 saturated carbocycles. The molecule has 0 aliphatic carbocycles. The number of carbonyl (C=O) groups excluding carboxylic acids is 2. The van der Waals surface area contributed by atoms with Crippen LogP contribution < -0.4 is 5.32 Å². The zero-order chi connectivity index (χ0) is 12.3. The van der Waals surface area contributed by atoms with Crippen LogP contribution in [-0.4, -0.2) is 29.6 Å². The van der Waals surface area contributed by atoms with Gasteiger partial charge in [-0.15, -0.1) is 0 Å². The minimum atomic E-state index is -1.20. The van der Waals surface area contributed by atoms with Gasteiger partial charge in [0.05, 0.1) is 18.1 Å². The second kappa shape index (κ2) is 4.78. The Morgan fingerprint density at radius 3 is 2.69 bits per heavy atom. The van der Waals surface area contributed by atoms with Crippen LogP contribution in [0.15, 0.2) is 11.3 Å². The van der Waals surface area contributed by atoms with E-state index in [0.717, 1.165) is 0 Å². The molecule has 0 fully saturated rings. The molecule has 1 atom stereocenters. The number of esters is 1. The van der Waals surface area contributed by atoms with Crippen molar-refractivity contribution >= 4 is 17.8 Å². The van der Waals surface area contributed by atoms with E-state index in [1.54, 1.807) is 6.92 Å². The molecule has 0 aromatic carbocycles. The van der Waals surface area contributed by atoms with Crippen molar-refractivity contribution in [1.29, 1.82) is 0 Å². The van der Waals surface area contributed by atoms with Crippen LogP contribution in [0.25, 0.3) is 0 Å². The predicted octanol–water partition coefficient (Wildman–Crippen LogP) is 0.0442. The van der Waals surface area contributed by atoms with E-state index in [0.29, 0.717) is 0 Å². The van der Waals surface area contributed by atoms with Gasteiger partial charge in [0.2, 0.25) is 5.91 Å². The van der Waals surface area contributed by atoms with Crippen molar-refractivity contribution < 1.29 is 24.2 Å². The van der Waals surface area contributed by atoms with Crippen molar-refractivity contribution in [3.8, 4) is 0 Å². The molecule has 1 aliphatic heterocycles. The molecular weight excluding hydrogens is 214 g/mol. The first-order valence-corrected chi connectivity index (χ1v) is 4.88. The lowest BCUT2D eigenvalue weighted by Crippen LogP contribution is -2.38. The summed E-state index contributed by atoms with van der Waals surface area (Å²) in [7, 11) is 0. The second-order valence-corrected chi connectivity index (χ2v) is 3.40. The molecular formula is C10H13NO5. The highest BCUT2D eigenvalue weighted by molar-refractivity contribution is 6.00. The third-order valence-corrected chi connectivity index (χ3v) is 2.26. The smallest absolute Gasteiger partial charge is 0.336 e. The van der Waals surface area contributed by atoms with Crippen molar-refractivity contribution in [2.75, 3.05) is 6.61 Å². The predicted molar refractivity (Wildman–Crippen MR) is 53.2 cm³/mol. The fourth-order valence-corrected chi connectivity index (χ4v) is 1.59. The molecule has 0 radical (unpaired) electrons. The molecule has 0 spiro atoms. The van der Waals surface area contributed by atoms with Gasteiger partial charge in [-0.25, -0.2) is 4.79 Å². The van der Waals surface area contributed by atoms with E-state index in [4.69, 9.17) is 9.84 Å². The molecule has 0 aromatic heterocycles. The van der Waals surface area contributed by atoms with Gasteiger partial charge in [-0.2, -0.15) is 0 Å². The summed E-state index contributed by atoms with van der Waals surface area (Å²) >= 11 is 0. The number of hydrogen-bond donors (Lipinski definition) is 2. The highest BCUT2D eigenvalue weighted by atomic mass is 16.5. The molecule has 1 aliphatic rings. The fourth-order valence-electron chi connectivity index (χ4n) is 1.59. The zero-order valence-electron chi connectivity index (χ0n) is 9.07. The molecule has 2 N–H and O–H groups in total. The maximum absolute atomic E-state index is 11.5. The Morgan fingerprint density at radius 1 is 1.56 bits per heavy atom. The number of amides is 1. The average molecular weight is 227 g/mol. The normalized spacial score (nSPS) is 20.4. The van der Waals surface area contributed by atoms with E-state index in [1.165, 1.54) is 6.92 Å². The molecule has 0 aromatic rings. The van der Waals surface area contributed by atoms with Gasteiger partial charge in [0, 0.05) is 12.1 Å². The van der Waals surface area contributed by atoms with Crippen LogP contribution in [0.3, 0.4) is 0 Å². The number of carbonyl (C=O) groups is 3. The molecule has 0 bridgehead atoms. The molecule has 6 nitrogen and oxygen atoms in total. The standard InChI is InChI=1S/C10H13NO5/c1-3-16-10(15)8-5(2)11-7(12)4-6(8)9(13)14/h6H,3-4H2,1-2H3,(H,11,12)(H,13,14)/t6-/m1/s1. The summed E-state index contributed by atoms with van der Waals surface area (Å²) in [4.78, 5) is 33.6. The van der Waals surface area contributed by atoms with Crippen molar-refractivity contribution in [3.63, 3.8) is 0 Å². The van der Waals surface area contributed by atoms with E-state index in [1.807, 2.05) is 0 Å². The van der Waals surface area contributed by atoms with Crippen LogP contribution in [0, 0.1) is 5.92 Å². The topological polar surface area (TPSA) is 92.7 Å². The lowest BCUT2D eigenvalue weighted by atomic mass is 9.90. The van der Waals surface area contributed by atoms with Crippen LogP contribution >= 0.6 is 0 Å². The van der Waals surface area contributed by atoms with Gasteiger partial charge in [0.15, 0.2) is 0 Å². The Hall–Kier alpha value is -1.85. The monoisotopic (exact) mass is 227 g/mol. The lowest BCUT2D eigenvalue weighted by molar-refractivity contribution is -0.147. The number of aliphatic carboxylic acids is 1. The van der Waals surface area contributed by atoms with Gasteiger partial charge in [-0.05, 0) is 13.8 Å². The molecule has 88 valence electrons. The summed E-state index contributed by atoms with van der Waals surface area (Å²) in [5.74, 6) is -3.41. The summed E-state index contributed by atoms with van der Waals surface area (Å²) < 4.78 is 4.76. The lowest BCUT2D eigenvalue weighted by Gasteiger charge is -2.22. The molecule has 1 heterocycles. The first-order chi connectivity index (χ1) is 7.47.